The van der Waals surface area contributed by atoms with E-state index in [0.29, 0.717) is 29.4 Å². The molecule has 0 saturated heterocycles. The third kappa shape index (κ3) is 4.72. The monoisotopic (exact) mass is 469 g/mol. The van der Waals surface area contributed by atoms with Gasteiger partial charge in [-0.1, -0.05) is 24.6 Å². The van der Waals surface area contributed by atoms with Crippen LogP contribution in [0.2, 0.25) is 0 Å². The third-order valence-electron chi connectivity index (χ3n) is 5.96. The molecule has 174 valence electrons. The zero-order valence-corrected chi connectivity index (χ0v) is 19.8. The molecular weight excluding hydrogens is 442 g/mol. The molecule has 0 bridgehead atoms. The van der Waals surface area contributed by atoms with E-state index in [4.69, 9.17) is 9.15 Å². The molecule has 0 radical (unpaired) electrons. The van der Waals surface area contributed by atoms with Gasteiger partial charge < -0.3 is 9.15 Å². The van der Waals surface area contributed by atoms with E-state index in [1.54, 1.807) is 31.2 Å². The first kappa shape index (κ1) is 23.2. The van der Waals surface area contributed by atoms with E-state index < -0.39 is 22.0 Å². The van der Waals surface area contributed by atoms with Crippen molar-refractivity contribution in [2.45, 2.75) is 63.8 Å². The first-order valence-electron chi connectivity index (χ1n) is 11.1. The van der Waals surface area contributed by atoms with Crippen LogP contribution in [0.4, 0.5) is 0 Å². The van der Waals surface area contributed by atoms with Crippen molar-refractivity contribution in [3.63, 3.8) is 0 Å². The normalized spacial score (nSPS) is 14.6. The van der Waals surface area contributed by atoms with Gasteiger partial charge in [-0.3, -0.25) is 0 Å². The summed E-state index contributed by atoms with van der Waals surface area (Å²) in [5.41, 5.74) is 3.19. The number of nitrogens with one attached hydrogen (secondary N) is 1. The van der Waals surface area contributed by atoms with E-state index in [9.17, 15) is 18.0 Å². The Hall–Kier alpha value is -2.97. The number of esters is 1. The van der Waals surface area contributed by atoms with E-state index in [0.717, 1.165) is 29.5 Å². The lowest BCUT2D eigenvalue weighted by atomic mass is 9.90. The van der Waals surface area contributed by atoms with Gasteiger partial charge in [0.15, 0.2) is 0 Å². The van der Waals surface area contributed by atoms with Gasteiger partial charge in [0.1, 0.15) is 17.4 Å². The molecule has 1 N–H and O–H groups in total. The number of hydrogen-bond donors (Lipinski definition) is 1. The number of hydrogen-bond acceptors (Lipinski definition) is 6. The van der Waals surface area contributed by atoms with Gasteiger partial charge in [-0.05, 0) is 81.3 Å². The lowest BCUT2D eigenvalue weighted by molar-refractivity contribution is -0.136. The molecule has 3 aromatic rings. The van der Waals surface area contributed by atoms with Crippen molar-refractivity contribution in [3.8, 4) is 5.75 Å². The Morgan fingerprint density at radius 2 is 1.73 bits per heavy atom. The highest BCUT2D eigenvalue weighted by molar-refractivity contribution is 7.89. The fourth-order valence-electron chi connectivity index (χ4n) is 4.20. The van der Waals surface area contributed by atoms with Crippen molar-refractivity contribution in [1.29, 1.82) is 0 Å². The Morgan fingerprint density at radius 3 is 2.39 bits per heavy atom. The summed E-state index contributed by atoms with van der Waals surface area (Å²) in [7, 11) is -3.91. The lowest BCUT2D eigenvalue weighted by Gasteiger charge is -2.20. The summed E-state index contributed by atoms with van der Waals surface area (Å²) in [5, 5.41) is 0.611. The second kappa shape index (κ2) is 9.11. The van der Waals surface area contributed by atoms with Crippen molar-refractivity contribution >= 4 is 27.0 Å². The maximum absolute atomic E-state index is 13.1. The van der Waals surface area contributed by atoms with Gasteiger partial charge in [0.2, 0.25) is 10.0 Å². The molecule has 1 aromatic heterocycles. The molecule has 8 heteroatoms. The Balaban J connectivity index is 1.68. The number of sulfonamides is 1. The van der Waals surface area contributed by atoms with Gasteiger partial charge in [0, 0.05) is 5.56 Å². The minimum absolute atomic E-state index is 0.0798. The van der Waals surface area contributed by atoms with Crippen LogP contribution >= 0.6 is 0 Å². The number of rotatable bonds is 6. The highest BCUT2D eigenvalue weighted by Gasteiger charge is 2.28. The van der Waals surface area contributed by atoms with Crippen molar-refractivity contribution in [3.05, 3.63) is 69.1 Å². The van der Waals surface area contributed by atoms with Crippen molar-refractivity contribution in [2.75, 3.05) is 0 Å². The smallest absolute Gasteiger partial charge is 0.339 e. The van der Waals surface area contributed by atoms with Gasteiger partial charge in [-0.2, -0.15) is 4.72 Å². The summed E-state index contributed by atoms with van der Waals surface area (Å²) < 4.78 is 39.3. The average Bonchev–Trinajstić information content (AvgIpc) is 2.77. The third-order valence-corrected chi connectivity index (χ3v) is 7.45. The van der Waals surface area contributed by atoms with Gasteiger partial charge in [-0.25, -0.2) is 18.0 Å². The summed E-state index contributed by atoms with van der Waals surface area (Å²) in [6, 6.07) is 8.79. The largest absolute Gasteiger partial charge is 0.425 e. The molecule has 2 aromatic carbocycles. The Morgan fingerprint density at radius 1 is 1.06 bits per heavy atom. The quantitative estimate of drug-likeness (QED) is 0.333. The minimum atomic E-state index is -3.91. The number of aryl methyl sites for hydroxylation is 3. The molecule has 0 spiro atoms. The Kier molecular flexibility index (Phi) is 6.41. The fourth-order valence-corrected chi connectivity index (χ4v) is 5.47. The van der Waals surface area contributed by atoms with Crippen LogP contribution in [0.15, 0.2) is 50.5 Å². The summed E-state index contributed by atoms with van der Waals surface area (Å²) >= 11 is 0. The highest BCUT2D eigenvalue weighted by atomic mass is 32.2. The molecule has 0 unspecified atom stereocenters. The number of carbonyl (C=O) groups is 1. The zero-order valence-electron chi connectivity index (χ0n) is 18.9. The maximum Gasteiger partial charge on any atom is 0.339 e. The minimum Gasteiger partial charge on any atom is -0.425 e. The Bertz CT molecular complexity index is 1370. The summed E-state index contributed by atoms with van der Waals surface area (Å²) in [4.78, 5) is 25.6. The molecule has 0 fully saturated rings. The molecule has 4 rings (SSSR count). The topological polar surface area (TPSA) is 103 Å². The van der Waals surface area contributed by atoms with Crippen LogP contribution in [0.5, 0.6) is 5.75 Å². The number of fused-ring (bicyclic) bond motifs is 3. The fraction of sp³-hybridized carbons (Fsp3) is 0.360. The lowest BCUT2D eigenvalue weighted by Crippen LogP contribution is -2.42. The van der Waals surface area contributed by atoms with Gasteiger partial charge in [-0.15, -0.1) is 0 Å². The van der Waals surface area contributed by atoms with Gasteiger partial charge >= 0.3 is 11.6 Å². The molecule has 1 heterocycles. The second-order valence-electron chi connectivity index (χ2n) is 8.51. The Labute approximate surface area is 192 Å². The van der Waals surface area contributed by atoms with Crippen LogP contribution in [-0.4, -0.2) is 20.4 Å². The molecule has 0 aliphatic heterocycles. The predicted molar refractivity (Wildman–Crippen MR) is 125 cm³/mol. The number of benzene rings is 2. The molecule has 0 amide bonds. The standard InChI is InChI=1S/C25H27NO6S/c1-4-20(26-33(29,30)17-11-9-15(2)10-12-17)25(28)32-22-14-16(3)13-21-23(22)18-7-5-6-8-19(18)24(27)31-21/h9-14,20,26H,4-8H2,1-3H3/t20-/m0/s1. The van der Waals surface area contributed by atoms with Crippen molar-refractivity contribution in [2.24, 2.45) is 0 Å². The van der Waals surface area contributed by atoms with E-state index in [-0.39, 0.29) is 22.7 Å². The van der Waals surface area contributed by atoms with Crippen LogP contribution in [-0.2, 0) is 27.7 Å². The van der Waals surface area contributed by atoms with Crippen molar-refractivity contribution in [1.82, 2.24) is 4.72 Å². The zero-order chi connectivity index (χ0) is 23.8. The highest BCUT2D eigenvalue weighted by Crippen LogP contribution is 2.34. The molecule has 1 aliphatic carbocycles. The molecular formula is C25H27NO6S. The van der Waals surface area contributed by atoms with Crippen LogP contribution < -0.4 is 15.1 Å². The number of ether oxygens (including phenoxy) is 1. The van der Waals surface area contributed by atoms with Crippen LogP contribution in [0.25, 0.3) is 11.0 Å². The van der Waals surface area contributed by atoms with Crippen LogP contribution in [0, 0.1) is 13.8 Å². The van der Waals surface area contributed by atoms with Crippen molar-refractivity contribution < 1.29 is 22.4 Å². The van der Waals surface area contributed by atoms with Gasteiger partial charge in [0.05, 0.1) is 10.3 Å². The summed E-state index contributed by atoms with van der Waals surface area (Å²) in [6.07, 6.45) is 3.37. The second-order valence-corrected chi connectivity index (χ2v) is 10.2. The first-order chi connectivity index (χ1) is 15.7. The maximum atomic E-state index is 13.1. The van der Waals surface area contributed by atoms with E-state index in [1.807, 2.05) is 13.8 Å². The molecule has 1 aliphatic rings. The van der Waals surface area contributed by atoms with E-state index in [1.165, 1.54) is 12.1 Å². The predicted octanol–water partition coefficient (Wildman–Crippen LogP) is 3.95. The van der Waals surface area contributed by atoms with Gasteiger partial charge in [0.25, 0.3) is 0 Å². The average molecular weight is 470 g/mol. The summed E-state index contributed by atoms with van der Waals surface area (Å²) in [5.74, 6) is -0.430. The van der Waals surface area contributed by atoms with Crippen LogP contribution in [0.3, 0.4) is 0 Å². The van der Waals surface area contributed by atoms with E-state index >= 15 is 0 Å². The van der Waals surface area contributed by atoms with Crippen LogP contribution in [0.1, 0.15) is 48.4 Å². The molecule has 7 nitrogen and oxygen atoms in total. The molecule has 33 heavy (non-hydrogen) atoms. The molecule has 1 atom stereocenters. The molecule has 0 saturated carbocycles. The van der Waals surface area contributed by atoms with E-state index in [2.05, 4.69) is 4.72 Å². The number of carbonyl (C=O) groups excluding carboxylic acids is 1. The first-order valence-corrected chi connectivity index (χ1v) is 12.6. The SMILES string of the molecule is CC[C@H](NS(=O)(=O)c1ccc(C)cc1)C(=O)Oc1cc(C)cc2oc(=O)c3c(c12)CCCC3. The summed E-state index contributed by atoms with van der Waals surface area (Å²) in [6.45, 7) is 5.38.